The minimum Gasteiger partial charge on any atom is -0.349 e. The van der Waals surface area contributed by atoms with Crippen molar-refractivity contribution in [1.82, 2.24) is 10.2 Å². The van der Waals surface area contributed by atoms with E-state index in [1.165, 1.54) is 0 Å². The van der Waals surface area contributed by atoms with Crippen LogP contribution in [-0.4, -0.2) is 43.9 Å². The van der Waals surface area contributed by atoms with Gasteiger partial charge in [0.25, 0.3) is 0 Å². The first-order chi connectivity index (χ1) is 10.1. The largest absolute Gasteiger partial charge is 0.349 e. The SMILES string of the molecule is CN(C)C(=O)Cc1ccc(NC(=O)[C@@H]2CCCNC2)cc1. The second-order valence-electron chi connectivity index (χ2n) is 5.69. The molecule has 2 amide bonds. The number of piperidine rings is 1. The van der Waals surface area contributed by atoms with Gasteiger partial charge in [0.05, 0.1) is 12.3 Å². The maximum absolute atomic E-state index is 12.1. The topological polar surface area (TPSA) is 61.4 Å². The molecule has 0 bridgehead atoms. The van der Waals surface area contributed by atoms with E-state index < -0.39 is 0 Å². The van der Waals surface area contributed by atoms with Gasteiger partial charge in [-0.15, -0.1) is 0 Å². The third kappa shape index (κ3) is 4.56. The van der Waals surface area contributed by atoms with Gasteiger partial charge in [-0.25, -0.2) is 0 Å². The van der Waals surface area contributed by atoms with Crippen LogP contribution in [0.3, 0.4) is 0 Å². The molecular formula is C16H23N3O2. The number of nitrogens with one attached hydrogen (secondary N) is 2. The summed E-state index contributed by atoms with van der Waals surface area (Å²) < 4.78 is 0. The molecule has 0 aromatic heterocycles. The van der Waals surface area contributed by atoms with Crippen LogP contribution >= 0.6 is 0 Å². The average molecular weight is 289 g/mol. The first-order valence-electron chi connectivity index (χ1n) is 7.37. The predicted molar refractivity (Wildman–Crippen MR) is 83.1 cm³/mol. The van der Waals surface area contributed by atoms with Crippen LogP contribution < -0.4 is 10.6 Å². The molecule has 21 heavy (non-hydrogen) atoms. The van der Waals surface area contributed by atoms with Gasteiger partial charge in [-0.3, -0.25) is 9.59 Å². The van der Waals surface area contributed by atoms with Gasteiger partial charge in [-0.2, -0.15) is 0 Å². The summed E-state index contributed by atoms with van der Waals surface area (Å²) in [5, 5.41) is 6.18. The molecule has 0 aliphatic carbocycles. The van der Waals surface area contributed by atoms with Crippen LogP contribution in [0.2, 0.25) is 0 Å². The lowest BCUT2D eigenvalue weighted by atomic mass is 9.99. The first-order valence-corrected chi connectivity index (χ1v) is 7.37. The number of amides is 2. The van der Waals surface area contributed by atoms with Crippen LogP contribution in [0.1, 0.15) is 18.4 Å². The van der Waals surface area contributed by atoms with E-state index in [4.69, 9.17) is 0 Å². The van der Waals surface area contributed by atoms with E-state index in [2.05, 4.69) is 10.6 Å². The van der Waals surface area contributed by atoms with Crippen molar-refractivity contribution in [2.24, 2.45) is 5.92 Å². The zero-order valence-electron chi connectivity index (χ0n) is 12.7. The van der Waals surface area contributed by atoms with Crippen LogP contribution in [-0.2, 0) is 16.0 Å². The molecule has 5 nitrogen and oxygen atoms in total. The van der Waals surface area contributed by atoms with Crippen molar-refractivity contribution >= 4 is 17.5 Å². The summed E-state index contributed by atoms with van der Waals surface area (Å²) >= 11 is 0. The molecule has 1 aromatic rings. The molecule has 1 fully saturated rings. The number of anilines is 1. The number of carbonyl (C=O) groups is 2. The molecule has 2 rings (SSSR count). The fraction of sp³-hybridized carbons (Fsp3) is 0.500. The van der Waals surface area contributed by atoms with Crippen molar-refractivity contribution in [3.8, 4) is 0 Å². The van der Waals surface area contributed by atoms with E-state index in [1.807, 2.05) is 24.3 Å². The Morgan fingerprint density at radius 1 is 1.29 bits per heavy atom. The summed E-state index contributed by atoms with van der Waals surface area (Å²) in [6.45, 7) is 1.75. The highest BCUT2D eigenvalue weighted by molar-refractivity contribution is 5.92. The van der Waals surface area contributed by atoms with Gasteiger partial charge in [-0.1, -0.05) is 12.1 Å². The normalized spacial score (nSPS) is 18.1. The number of benzene rings is 1. The van der Waals surface area contributed by atoms with Gasteiger partial charge in [0.2, 0.25) is 11.8 Å². The van der Waals surface area contributed by atoms with E-state index in [1.54, 1.807) is 19.0 Å². The highest BCUT2D eigenvalue weighted by atomic mass is 16.2. The molecule has 1 aliphatic rings. The number of rotatable bonds is 4. The summed E-state index contributed by atoms with van der Waals surface area (Å²) in [6.07, 6.45) is 2.37. The molecule has 0 spiro atoms. The Kier molecular flexibility index (Phi) is 5.33. The quantitative estimate of drug-likeness (QED) is 0.877. The second-order valence-corrected chi connectivity index (χ2v) is 5.69. The van der Waals surface area contributed by atoms with Crippen molar-refractivity contribution in [2.75, 3.05) is 32.5 Å². The summed E-state index contributed by atoms with van der Waals surface area (Å²) in [5.41, 5.74) is 1.73. The highest BCUT2D eigenvalue weighted by Gasteiger charge is 2.20. The van der Waals surface area contributed by atoms with Gasteiger partial charge in [0, 0.05) is 26.3 Å². The average Bonchev–Trinajstić information content (AvgIpc) is 2.50. The molecule has 1 saturated heterocycles. The number of hydrogen-bond donors (Lipinski definition) is 2. The Labute approximate surface area is 125 Å². The molecule has 1 aliphatic heterocycles. The van der Waals surface area contributed by atoms with Gasteiger partial charge in [0.15, 0.2) is 0 Å². The molecule has 1 atom stereocenters. The fourth-order valence-corrected chi connectivity index (χ4v) is 2.36. The Balaban J connectivity index is 1.89. The maximum atomic E-state index is 12.1. The number of likely N-dealkylation sites (N-methyl/N-ethyl adjacent to an activating group) is 1. The zero-order valence-corrected chi connectivity index (χ0v) is 12.7. The Morgan fingerprint density at radius 2 is 2.00 bits per heavy atom. The molecule has 0 radical (unpaired) electrons. The summed E-state index contributed by atoms with van der Waals surface area (Å²) in [6, 6.07) is 7.48. The standard InChI is InChI=1S/C16H23N3O2/c1-19(2)15(20)10-12-5-7-14(8-6-12)18-16(21)13-4-3-9-17-11-13/h5-8,13,17H,3-4,9-11H2,1-2H3,(H,18,21)/t13-/m1/s1. The third-order valence-electron chi connectivity index (χ3n) is 3.74. The van der Waals surface area contributed by atoms with Crippen LogP contribution in [0, 0.1) is 5.92 Å². The molecular weight excluding hydrogens is 266 g/mol. The van der Waals surface area contributed by atoms with E-state index in [-0.39, 0.29) is 17.7 Å². The van der Waals surface area contributed by atoms with Gasteiger partial charge < -0.3 is 15.5 Å². The minimum absolute atomic E-state index is 0.0498. The fourth-order valence-electron chi connectivity index (χ4n) is 2.36. The van der Waals surface area contributed by atoms with Crippen molar-refractivity contribution in [3.05, 3.63) is 29.8 Å². The molecule has 114 valence electrons. The third-order valence-corrected chi connectivity index (χ3v) is 3.74. The van der Waals surface area contributed by atoms with Crippen molar-refractivity contribution < 1.29 is 9.59 Å². The van der Waals surface area contributed by atoms with Gasteiger partial charge in [-0.05, 0) is 37.1 Å². The van der Waals surface area contributed by atoms with Crippen LogP contribution in [0.15, 0.2) is 24.3 Å². The van der Waals surface area contributed by atoms with Crippen molar-refractivity contribution in [3.63, 3.8) is 0 Å². The smallest absolute Gasteiger partial charge is 0.228 e. The maximum Gasteiger partial charge on any atom is 0.228 e. The van der Waals surface area contributed by atoms with Crippen LogP contribution in [0.4, 0.5) is 5.69 Å². The lowest BCUT2D eigenvalue weighted by Crippen LogP contribution is -2.37. The van der Waals surface area contributed by atoms with Gasteiger partial charge in [0.1, 0.15) is 0 Å². The number of hydrogen-bond acceptors (Lipinski definition) is 3. The van der Waals surface area contributed by atoms with E-state index >= 15 is 0 Å². The first kappa shape index (κ1) is 15.5. The van der Waals surface area contributed by atoms with Crippen LogP contribution in [0.5, 0.6) is 0 Å². The van der Waals surface area contributed by atoms with E-state index in [0.29, 0.717) is 6.42 Å². The molecule has 2 N–H and O–H groups in total. The zero-order chi connectivity index (χ0) is 15.2. The molecule has 1 aromatic carbocycles. The Morgan fingerprint density at radius 3 is 2.57 bits per heavy atom. The Bertz CT molecular complexity index is 491. The Hall–Kier alpha value is -1.88. The van der Waals surface area contributed by atoms with Crippen LogP contribution in [0.25, 0.3) is 0 Å². The lowest BCUT2D eigenvalue weighted by Gasteiger charge is -2.21. The predicted octanol–water partition coefficient (Wildman–Crippen LogP) is 1.26. The molecule has 1 heterocycles. The lowest BCUT2D eigenvalue weighted by molar-refractivity contribution is -0.128. The van der Waals surface area contributed by atoms with Crippen molar-refractivity contribution in [1.29, 1.82) is 0 Å². The highest BCUT2D eigenvalue weighted by Crippen LogP contribution is 2.15. The molecule has 5 heteroatoms. The minimum atomic E-state index is 0.0498. The monoisotopic (exact) mass is 289 g/mol. The molecule has 0 saturated carbocycles. The number of nitrogens with zero attached hydrogens (tertiary/aromatic N) is 1. The molecule has 0 unspecified atom stereocenters. The summed E-state index contributed by atoms with van der Waals surface area (Å²) in [7, 11) is 3.49. The summed E-state index contributed by atoms with van der Waals surface area (Å²) in [5.74, 6) is 0.188. The van der Waals surface area contributed by atoms with E-state index in [9.17, 15) is 9.59 Å². The van der Waals surface area contributed by atoms with E-state index in [0.717, 1.165) is 37.2 Å². The second kappa shape index (κ2) is 7.22. The summed E-state index contributed by atoms with van der Waals surface area (Å²) in [4.78, 5) is 25.3. The van der Waals surface area contributed by atoms with Gasteiger partial charge >= 0.3 is 0 Å². The number of carbonyl (C=O) groups excluding carboxylic acids is 2. The van der Waals surface area contributed by atoms with Crippen molar-refractivity contribution in [2.45, 2.75) is 19.3 Å².